The van der Waals surface area contributed by atoms with Gasteiger partial charge in [-0.15, -0.1) is 0 Å². The van der Waals surface area contributed by atoms with Crippen LogP contribution < -0.4 is 0 Å². The molecule has 0 amide bonds. The number of ether oxygens (including phenoxy) is 1. The van der Waals surface area contributed by atoms with Crippen LogP contribution in [-0.2, 0) is 9.53 Å². The van der Waals surface area contributed by atoms with Crippen LogP contribution in [0.5, 0.6) is 0 Å². The van der Waals surface area contributed by atoms with Crippen molar-refractivity contribution in [3.8, 4) is 0 Å². The highest BCUT2D eigenvalue weighted by Gasteiger charge is 2.80. The minimum Gasteiger partial charge on any atom is -0.362 e. The molecule has 0 aromatic carbocycles. The average Bonchev–Trinajstić information content (AvgIpc) is 2.95. The van der Waals surface area contributed by atoms with Crippen molar-refractivity contribution >= 4 is 6.29 Å². The van der Waals surface area contributed by atoms with Crippen LogP contribution in [0.1, 0.15) is 52.9 Å². The van der Waals surface area contributed by atoms with E-state index in [1.54, 1.807) is 0 Å². The van der Waals surface area contributed by atoms with Gasteiger partial charge in [-0.2, -0.15) is 0 Å². The first-order valence-corrected chi connectivity index (χ1v) is 6.84. The lowest BCUT2D eigenvalue weighted by molar-refractivity contribution is -0.105. The summed E-state index contributed by atoms with van der Waals surface area (Å²) in [4.78, 5) is 11.0. The average molecular weight is 234 g/mol. The second-order valence-corrected chi connectivity index (χ2v) is 6.63. The summed E-state index contributed by atoms with van der Waals surface area (Å²) in [7, 11) is 0. The maximum atomic E-state index is 11.0. The van der Waals surface area contributed by atoms with E-state index in [4.69, 9.17) is 4.74 Å². The standard InChI is InChI=1S/C15H22O2/c1-11(2)14-9-8-13(3)6-4-12(10-16)5-7-15(13,14)17-14/h4,10-11H,5-9H2,1-3H3/t13-,14+,15+/m0/s1. The molecule has 94 valence electrons. The van der Waals surface area contributed by atoms with Gasteiger partial charge >= 0.3 is 0 Å². The summed E-state index contributed by atoms with van der Waals surface area (Å²) in [5.41, 5.74) is 1.41. The third-order valence-electron chi connectivity index (χ3n) is 5.69. The van der Waals surface area contributed by atoms with E-state index in [9.17, 15) is 4.79 Å². The number of hydrogen-bond donors (Lipinski definition) is 0. The monoisotopic (exact) mass is 234 g/mol. The summed E-state index contributed by atoms with van der Waals surface area (Å²) >= 11 is 0. The Morgan fingerprint density at radius 1 is 1.35 bits per heavy atom. The van der Waals surface area contributed by atoms with Gasteiger partial charge in [0.15, 0.2) is 0 Å². The number of carbonyl (C=O) groups is 1. The molecule has 1 saturated heterocycles. The highest BCUT2D eigenvalue weighted by Crippen LogP contribution is 2.74. The zero-order valence-corrected chi connectivity index (χ0v) is 11.1. The Bertz CT molecular complexity index is 398. The quantitative estimate of drug-likeness (QED) is 0.542. The molecule has 3 atom stereocenters. The Hall–Kier alpha value is -0.630. The fraction of sp³-hybridized carbons (Fsp3) is 0.800. The van der Waals surface area contributed by atoms with Gasteiger partial charge in [0, 0.05) is 5.41 Å². The van der Waals surface area contributed by atoms with Gasteiger partial charge in [0.2, 0.25) is 0 Å². The molecule has 0 radical (unpaired) electrons. The Morgan fingerprint density at radius 3 is 2.71 bits per heavy atom. The van der Waals surface area contributed by atoms with E-state index in [2.05, 4.69) is 26.8 Å². The molecule has 3 rings (SSSR count). The molecule has 0 bridgehead atoms. The van der Waals surface area contributed by atoms with Crippen molar-refractivity contribution < 1.29 is 9.53 Å². The summed E-state index contributed by atoms with van der Waals surface area (Å²) in [5, 5.41) is 0. The van der Waals surface area contributed by atoms with E-state index < -0.39 is 0 Å². The smallest absolute Gasteiger partial charge is 0.145 e. The van der Waals surface area contributed by atoms with Crippen molar-refractivity contribution in [2.75, 3.05) is 0 Å². The summed E-state index contributed by atoms with van der Waals surface area (Å²) in [5.74, 6) is 0.585. The summed E-state index contributed by atoms with van der Waals surface area (Å²) in [6, 6.07) is 0. The molecule has 2 heteroatoms. The molecule has 0 N–H and O–H groups in total. The minimum absolute atomic E-state index is 0.0649. The van der Waals surface area contributed by atoms with Crippen LogP contribution in [0.3, 0.4) is 0 Å². The fourth-order valence-corrected chi connectivity index (χ4v) is 4.43. The van der Waals surface area contributed by atoms with Crippen LogP contribution in [0.15, 0.2) is 11.6 Å². The van der Waals surface area contributed by atoms with Crippen molar-refractivity contribution in [2.45, 2.75) is 64.1 Å². The van der Waals surface area contributed by atoms with Crippen LogP contribution in [0.2, 0.25) is 0 Å². The number of aldehydes is 1. The van der Waals surface area contributed by atoms with Gasteiger partial charge in [-0.3, -0.25) is 4.79 Å². The normalized spacial score (nSPS) is 48.1. The third-order valence-corrected chi connectivity index (χ3v) is 5.69. The first-order chi connectivity index (χ1) is 8.00. The molecule has 3 aliphatic rings. The van der Waals surface area contributed by atoms with Crippen LogP contribution in [0, 0.1) is 11.3 Å². The first-order valence-electron chi connectivity index (χ1n) is 6.84. The van der Waals surface area contributed by atoms with Crippen molar-refractivity contribution in [2.24, 2.45) is 11.3 Å². The summed E-state index contributed by atoms with van der Waals surface area (Å²) in [6.45, 7) is 6.91. The van der Waals surface area contributed by atoms with E-state index in [0.717, 1.165) is 31.1 Å². The Labute approximate surface area is 103 Å². The van der Waals surface area contributed by atoms with Gasteiger partial charge in [0.25, 0.3) is 0 Å². The molecular weight excluding hydrogens is 212 g/mol. The maximum absolute atomic E-state index is 11.0. The van der Waals surface area contributed by atoms with E-state index in [0.29, 0.717) is 5.92 Å². The Balaban J connectivity index is 1.96. The molecule has 0 aromatic rings. The number of epoxide rings is 1. The Kier molecular flexibility index (Phi) is 2.17. The van der Waals surface area contributed by atoms with E-state index in [1.807, 2.05) is 0 Å². The molecule has 1 saturated carbocycles. The van der Waals surface area contributed by atoms with Crippen LogP contribution >= 0.6 is 0 Å². The van der Waals surface area contributed by atoms with Crippen LogP contribution in [0.4, 0.5) is 0 Å². The zero-order chi connectivity index (χ0) is 12.3. The largest absolute Gasteiger partial charge is 0.362 e. The SMILES string of the molecule is CC(C)[C@]12CC[C@]3(C)CC=C(C=O)CC[C@@]31O2. The molecule has 1 aliphatic heterocycles. The maximum Gasteiger partial charge on any atom is 0.145 e. The number of rotatable bonds is 2. The molecule has 1 spiro atoms. The molecule has 2 aliphatic carbocycles. The van der Waals surface area contributed by atoms with Gasteiger partial charge in [0.05, 0.1) is 0 Å². The molecule has 0 aromatic heterocycles. The van der Waals surface area contributed by atoms with Crippen molar-refractivity contribution in [3.05, 3.63) is 11.6 Å². The van der Waals surface area contributed by atoms with Gasteiger partial charge in [0.1, 0.15) is 17.5 Å². The lowest BCUT2D eigenvalue weighted by Crippen LogP contribution is -2.36. The van der Waals surface area contributed by atoms with Crippen molar-refractivity contribution in [3.63, 3.8) is 0 Å². The van der Waals surface area contributed by atoms with Gasteiger partial charge < -0.3 is 4.74 Å². The molecule has 0 unspecified atom stereocenters. The lowest BCUT2D eigenvalue weighted by Gasteiger charge is -2.30. The number of carbonyl (C=O) groups excluding carboxylic acids is 1. The summed E-state index contributed by atoms with van der Waals surface area (Å²) in [6.07, 6.45) is 8.56. The predicted octanol–water partition coefficient (Wildman–Crippen LogP) is 3.26. The lowest BCUT2D eigenvalue weighted by atomic mass is 9.71. The van der Waals surface area contributed by atoms with E-state index in [-0.39, 0.29) is 16.6 Å². The highest BCUT2D eigenvalue weighted by molar-refractivity contribution is 5.73. The fourth-order valence-electron chi connectivity index (χ4n) is 4.43. The van der Waals surface area contributed by atoms with Crippen LogP contribution in [0.25, 0.3) is 0 Å². The first kappa shape index (κ1) is 11.5. The summed E-state index contributed by atoms with van der Waals surface area (Å²) < 4.78 is 6.32. The van der Waals surface area contributed by atoms with Crippen molar-refractivity contribution in [1.29, 1.82) is 0 Å². The van der Waals surface area contributed by atoms with E-state index in [1.165, 1.54) is 12.8 Å². The second kappa shape index (κ2) is 3.23. The topological polar surface area (TPSA) is 29.6 Å². The zero-order valence-electron chi connectivity index (χ0n) is 11.1. The highest BCUT2D eigenvalue weighted by atomic mass is 16.6. The molecular formula is C15H22O2. The Morgan fingerprint density at radius 2 is 2.12 bits per heavy atom. The molecule has 2 nitrogen and oxygen atoms in total. The minimum atomic E-state index is 0.0649. The second-order valence-electron chi connectivity index (χ2n) is 6.63. The number of allylic oxidation sites excluding steroid dienone is 2. The molecule has 17 heavy (non-hydrogen) atoms. The van der Waals surface area contributed by atoms with Gasteiger partial charge in [-0.25, -0.2) is 0 Å². The third kappa shape index (κ3) is 1.17. The van der Waals surface area contributed by atoms with Crippen molar-refractivity contribution in [1.82, 2.24) is 0 Å². The predicted molar refractivity (Wildman–Crippen MR) is 66.7 cm³/mol. The van der Waals surface area contributed by atoms with Gasteiger partial charge in [-0.05, 0) is 43.6 Å². The van der Waals surface area contributed by atoms with Gasteiger partial charge in [-0.1, -0.05) is 26.8 Å². The molecule has 1 heterocycles. The van der Waals surface area contributed by atoms with E-state index >= 15 is 0 Å². The van der Waals surface area contributed by atoms with Crippen LogP contribution in [-0.4, -0.2) is 17.5 Å². The molecule has 2 fully saturated rings. The number of hydrogen-bond acceptors (Lipinski definition) is 2.